The number of phenolic OH excluding ortho intramolecular Hbond substituents is 1. The number of fused-ring (bicyclic) bond motifs is 5. The van der Waals surface area contributed by atoms with Gasteiger partial charge in [-0.1, -0.05) is 13.0 Å². The summed E-state index contributed by atoms with van der Waals surface area (Å²) in [5.41, 5.74) is 4.18. The van der Waals surface area contributed by atoms with Gasteiger partial charge in [0.2, 0.25) is 0 Å². The van der Waals surface area contributed by atoms with Gasteiger partial charge in [-0.25, -0.2) is 0 Å². The Hall–Kier alpha value is -2.95. The molecule has 0 aliphatic carbocycles. The lowest BCUT2D eigenvalue weighted by molar-refractivity contribution is 0.0933. The van der Waals surface area contributed by atoms with Gasteiger partial charge in [0.05, 0.1) is 13.2 Å². The van der Waals surface area contributed by atoms with Crippen molar-refractivity contribution >= 4 is 16.8 Å². The van der Waals surface area contributed by atoms with E-state index >= 15 is 0 Å². The number of hydrogen-bond acceptors (Lipinski definition) is 3. The molecule has 1 atom stereocenters. The lowest BCUT2D eigenvalue weighted by Crippen LogP contribution is -2.27. The van der Waals surface area contributed by atoms with E-state index in [1.54, 1.807) is 25.3 Å². The lowest BCUT2D eigenvalue weighted by Gasteiger charge is -2.18. The Morgan fingerprint density at radius 3 is 2.79 bits per heavy atom. The highest BCUT2D eigenvalue weighted by Crippen LogP contribution is 2.41. The molecule has 5 nitrogen and oxygen atoms in total. The summed E-state index contributed by atoms with van der Waals surface area (Å²) in [4.78, 5) is 15.9. The third-order valence-corrected chi connectivity index (χ3v) is 4.63. The van der Waals surface area contributed by atoms with Crippen molar-refractivity contribution in [1.82, 2.24) is 10.3 Å². The van der Waals surface area contributed by atoms with Gasteiger partial charge < -0.3 is 20.1 Å². The number of carbonyl (C=O) groups is 1. The number of nitrogens with one attached hydrogen (secondary N) is 2. The van der Waals surface area contributed by atoms with Crippen LogP contribution < -0.4 is 10.1 Å². The van der Waals surface area contributed by atoms with E-state index in [1.807, 2.05) is 25.1 Å². The second kappa shape index (κ2) is 5.30. The van der Waals surface area contributed by atoms with Crippen molar-refractivity contribution < 1.29 is 14.6 Å². The Kier molecular flexibility index (Phi) is 3.23. The highest BCUT2D eigenvalue weighted by atomic mass is 16.5. The van der Waals surface area contributed by atoms with Crippen LogP contribution in [0.1, 0.15) is 35.4 Å². The van der Waals surface area contributed by atoms with Gasteiger partial charge in [0, 0.05) is 16.5 Å². The molecule has 0 saturated heterocycles. The van der Waals surface area contributed by atoms with E-state index in [2.05, 4.69) is 10.3 Å². The lowest BCUT2D eigenvalue weighted by atomic mass is 9.93. The average molecular weight is 322 g/mol. The van der Waals surface area contributed by atoms with E-state index in [1.165, 1.54) is 0 Å². The summed E-state index contributed by atoms with van der Waals surface area (Å²) < 4.78 is 5.36. The van der Waals surface area contributed by atoms with Crippen LogP contribution in [0.5, 0.6) is 11.5 Å². The summed E-state index contributed by atoms with van der Waals surface area (Å²) in [5.74, 6) is 0.798. The number of methoxy groups -OCH3 is 1. The van der Waals surface area contributed by atoms with E-state index in [-0.39, 0.29) is 17.7 Å². The van der Waals surface area contributed by atoms with E-state index in [9.17, 15) is 9.90 Å². The van der Waals surface area contributed by atoms with Crippen molar-refractivity contribution in [3.63, 3.8) is 0 Å². The molecule has 1 amide bonds. The number of hydrogen-bond donors (Lipinski definition) is 3. The molecule has 1 aliphatic rings. The Morgan fingerprint density at radius 1 is 1.21 bits per heavy atom. The standard InChI is InChI=1S/C19H18N2O3/c1-3-15-13-9-11(24-2)5-6-12(13)17-14-8-10(22)4-7-16(14)20-18(17)19(23)21-15/h4-9,15,20,22H,3H2,1-2H3,(H,21,23). The second-order valence-corrected chi connectivity index (χ2v) is 5.99. The van der Waals surface area contributed by atoms with Crippen LogP contribution in [0.4, 0.5) is 0 Å². The highest BCUT2D eigenvalue weighted by molar-refractivity contribution is 6.11. The topological polar surface area (TPSA) is 74.4 Å². The molecule has 2 heterocycles. The monoisotopic (exact) mass is 322 g/mol. The van der Waals surface area contributed by atoms with E-state index in [0.717, 1.165) is 39.8 Å². The first-order valence-corrected chi connectivity index (χ1v) is 7.96. The molecule has 3 aromatic rings. The molecule has 2 aromatic carbocycles. The molecule has 0 fully saturated rings. The zero-order valence-corrected chi connectivity index (χ0v) is 13.5. The molecule has 1 unspecified atom stereocenters. The molecule has 4 rings (SSSR count). The summed E-state index contributed by atoms with van der Waals surface area (Å²) in [6.07, 6.45) is 0.777. The van der Waals surface area contributed by atoms with Gasteiger partial charge in [-0.05, 0) is 47.9 Å². The molecule has 1 aromatic heterocycles. The molecule has 0 radical (unpaired) electrons. The largest absolute Gasteiger partial charge is 0.508 e. The minimum atomic E-state index is -0.136. The fraction of sp³-hybridized carbons (Fsp3) is 0.211. The zero-order valence-electron chi connectivity index (χ0n) is 13.5. The van der Waals surface area contributed by atoms with Crippen LogP contribution in [0, 0.1) is 0 Å². The van der Waals surface area contributed by atoms with Crippen molar-refractivity contribution in [2.45, 2.75) is 19.4 Å². The highest BCUT2D eigenvalue weighted by Gasteiger charge is 2.29. The first-order valence-electron chi connectivity index (χ1n) is 7.96. The number of ether oxygens (including phenoxy) is 1. The smallest absolute Gasteiger partial charge is 0.268 e. The van der Waals surface area contributed by atoms with Crippen LogP contribution in [0.25, 0.3) is 22.0 Å². The third-order valence-electron chi connectivity index (χ3n) is 4.63. The maximum absolute atomic E-state index is 12.7. The maximum Gasteiger partial charge on any atom is 0.268 e. The van der Waals surface area contributed by atoms with Crippen LogP contribution in [-0.2, 0) is 0 Å². The van der Waals surface area contributed by atoms with Crippen LogP contribution in [0.15, 0.2) is 36.4 Å². The molecular formula is C19H18N2O3. The number of rotatable bonds is 2. The molecule has 0 spiro atoms. The van der Waals surface area contributed by atoms with Crippen LogP contribution in [0.2, 0.25) is 0 Å². The van der Waals surface area contributed by atoms with E-state index < -0.39 is 0 Å². The van der Waals surface area contributed by atoms with E-state index in [4.69, 9.17) is 4.74 Å². The molecule has 5 heteroatoms. The van der Waals surface area contributed by atoms with Gasteiger partial charge in [0.25, 0.3) is 5.91 Å². The molecule has 1 aliphatic heterocycles. The normalized spacial score (nSPS) is 16.2. The van der Waals surface area contributed by atoms with Crippen molar-refractivity contribution in [3.8, 4) is 22.6 Å². The first-order chi connectivity index (χ1) is 11.6. The number of benzene rings is 2. The first kappa shape index (κ1) is 14.6. The van der Waals surface area contributed by atoms with E-state index in [0.29, 0.717) is 5.69 Å². The number of aromatic amines is 1. The SMILES string of the molecule is CCC1NC(=O)c2[nH]c3ccc(O)cc3c2-c2ccc(OC)cc21. The van der Waals surface area contributed by atoms with Gasteiger partial charge in [0.1, 0.15) is 17.2 Å². The van der Waals surface area contributed by atoms with Gasteiger partial charge in [-0.15, -0.1) is 0 Å². The minimum Gasteiger partial charge on any atom is -0.508 e. The molecule has 0 saturated carbocycles. The number of amides is 1. The van der Waals surface area contributed by atoms with Crippen molar-refractivity contribution in [2.75, 3.05) is 7.11 Å². The molecule has 122 valence electrons. The Morgan fingerprint density at radius 2 is 2.04 bits per heavy atom. The quantitative estimate of drug-likeness (QED) is 0.673. The Labute approximate surface area is 139 Å². The number of carbonyl (C=O) groups excluding carboxylic acids is 1. The Balaban J connectivity index is 2.09. The molecular weight excluding hydrogens is 304 g/mol. The van der Waals surface area contributed by atoms with Crippen molar-refractivity contribution in [2.24, 2.45) is 0 Å². The second-order valence-electron chi connectivity index (χ2n) is 5.99. The maximum atomic E-state index is 12.7. The zero-order chi connectivity index (χ0) is 16.8. The minimum absolute atomic E-state index is 0.0873. The van der Waals surface area contributed by atoms with Crippen molar-refractivity contribution in [3.05, 3.63) is 47.7 Å². The summed E-state index contributed by atoms with van der Waals surface area (Å²) >= 11 is 0. The number of H-pyrrole nitrogens is 1. The average Bonchev–Trinajstić information content (AvgIpc) is 2.92. The third kappa shape index (κ3) is 2.05. The molecule has 24 heavy (non-hydrogen) atoms. The Bertz CT molecular complexity index is 959. The number of aromatic hydroxyl groups is 1. The summed E-state index contributed by atoms with van der Waals surface area (Å²) in [5, 5.41) is 13.8. The van der Waals surface area contributed by atoms with Gasteiger partial charge in [-0.2, -0.15) is 0 Å². The van der Waals surface area contributed by atoms with Gasteiger partial charge >= 0.3 is 0 Å². The molecule has 0 bridgehead atoms. The van der Waals surface area contributed by atoms with Crippen LogP contribution in [-0.4, -0.2) is 23.1 Å². The fourth-order valence-corrected chi connectivity index (χ4v) is 3.44. The summed E-state index contributed by atoms with van der Waals surface area (Å²) in [7, 11) is 1.63. The summed E-state index contributed by atoms with van der Waals surface area (Å²) in [6.45, 7) is 2.04. The predicted octanol–water partition coefficient (Wildman–Crippen LogP) is 3.74. The molecule has 3 N–H and O–H groups in total. The predicted molar refractivity (Wildman–Crippen MR) is 92.4 cm³/mol. The fourth-order valence-electron chi connectivity index (χ4n) is 3.44. The van der Waals surface area contributed by atoms with Crippen LogP contribution in [0.3, 0.4) is 0 Å². The van der Waals surface area contributed by atoms with Crippen molar-refractivity contribution in [1.29, 1.82) is 0 Å². The van der Waals surface area contributed by atoms with Gasteiger partial charge in [0.15, 0.2) is 0 Å². The summed E-state index contributed by atoms with van der Waals surface area (Å²) in [6, 6.07) is 10.8. The van der Waals surface area contributed by atoms with Gasteiger partial charge in [-0.3, -0.25) is 4.79 Å². The van der Waals surface area contributed by atoms with Crippen LogP contribution >= 0.6 is 0 Å². The number of phenols is 1. The number of aromatic nitrogens is 1.